The van der Waals surface area contributed by atoms with E-state index in [1.807, 2.05) is 39.0 Å². The van der Waals surface area contributed by atoms with Crippen LogP contribution in [0.3, 0.4) is 0 Å². The van der Waals surface area contributed by atoms with E-state index in [4.69, 9.17) is 4.74 Å². The Bertz CT molecular complexity index is 547. The molecule has 0 aromatic rings. The van der Waals surface area contributed by atoms with Gasteiger partial charge in [0.25, 0.3) is 0 Å². The van der Waals surface area contributed by atoms with E-state index >= 15 is 0 Å². The Labute approximate surface area is 159 Å². The molecule has 0 aliphatic heterocycles. The minimum atomic E-state index is -1.02. The predicted octanol–water partition coefficient (Wildman–Crippen LogP) is 3.41. The van der Waals surface area contributed by atoms with Gasteiger partial charge < -0.3 is 14.9 Å². The summed E-state index contributed by atoms with van der Waals surface area (Å²) in [5, 5.41) is 23.1. The highest BCUT2D eigenvalue weighted by Gasteiger charge is 2.22. The quantitative estimate of drug-likeness (QED) is 0.400. The first kappa shape index (κ1) is 22.0. The number of nitrogens with zero attached hydrogens (tertiary/aromatic N) is 1. The topological polar surface area (TPSA) is 74.1 Å². The van der Waals surface area contributed by atoms with Gasteiger partial charge in [0.05, 0.1) is 11.7 Å². The lowest BCUT2D eigenvalue weighted by atomic mass is 9.90. The third-order valence-corrected chi connectivity index (χ3v) is 4.36. The number of aliphatic hydroxyl groups is 2. The Morgan fingerprint density at radius 3 is 2.80 bits per heavy atom. The Morgan fingerprint density at radius 2 is 2.20 bits per heavy atom. The molecule has 0 saturated heterocycles. The maximum absolute atomic E-state index is 10.3. The number of hydrogen-bond donors (Lipinski definition) is 3. The molecule has 0 bridgehead atoms. The van der Waals surface area contributed by atoms with Crippen LogP contribution in [0.2, 0.25) is 0 Å². The van der Waals surface area contributed by atoms with Crippen LogP contribution >= 0.6 is 15.9 Å². The second kappa shape index (κ2) is 10.8. The summed E-state index contributed by atoms with van der Waals surface area (Å²) in [4.78, 5) is 3.86. The zero-order chi connectivity index (χ0) is 18.9. The van der Waals surface area contributed by atoms with Crippen molar-refractivity contribution in [2.24, 2.45) is 10.9 Å². The molecule has 0 amide bonds. The minimum absolute atomic E-state index is 0.0508. The number of aliphatic imine (C=N–C) groups is 1. The van der Waals surface area contributed by atoms with Crippen LogP contribution in [0.1, 0.15) is 33.6 Å². The van der Waals surface area contributed by atoms with Gasteiger partial charge in [0.1, 0.15) is 0 Å². The second-order valence-electron chi connectivity index (χ2n) is 6.83. The molecule has 1 aliphatic carbocycles. The van der Waals surface area contributed by atoms with Crippen molar-refractivity contribution in [1.82, 2.24) is 5.32 Å². The Hall–Kier alpha value is -1.05. The van der Waals surface area contributed by atoms with Crippen molar-refractivity contribution in [3.05, 3.63) is 47.1 Å². The van der Waals surface area contributed by atoms with E-state index in [-0.39, 0.29) is 5.92 Å². The molecule has 3 unspecified atom stereocenters. The lowest BCUT2D eigenvalue weighted by Crippen LogP contribution is -2.39. The van der Waals surface area contributed by atoms with Crippen LogP contribution in [-0.2, 0) is 4.74 Å². The summed E-state index contributed by atoms with van der Waals surface area (Å²) in [6, 6.07) is 0. The number of ether oxygens (including phenoxy) is 1. The average molecular weight is 413 g/mol. The largest absolute Gasteiger partial charge is 0.392 e. The van der Waals surface area contributed by atoms with Crippen LogP contribution in [0.4, 0.5) is 0 Å². The fourth-order valence-corrected chi connectivity index (χ4v) is 2.94. The number of allylic oxidation sites excluding steroid dienone is 2. The monoisotopic (exact) mass is 412 g/mol. The van der Waals surface area contributed by atoms with Crippen molar-refractivity contribution < 1.29 is 14.9 Å². The molecule has 0 radical (unpaired) electrons. The summed E-state index contributed by atoms with van der Waals surface area (Å²) in [6.07, 6.45) is 10.6. The van der Waals surface area contributed by atoms with Crippen molar-refractivity contribution in [2.45, 2.75) is 51.7 Å². The molecule has 0 spiro atoms. The van der Waals surface area contributed by atoms with Crippen molar-refractivity contribution in [3.63, 3.8) is 0 Å². The van der Waals surface area contributed by atoms with Gasteiger partial charge >= 0.3 is 0 Å². The first-order valence-corrected chi connectivity index (χ1v) is 9.14. The zero-order valence-electron chi connectivity index (χ0n) is 15.2. The summed E-state index contributed by atoms with van der Waals surface area (Å²) in [5.41, 5.74) is 0.619. The molecule has 1 aliphatic rings. The fraction of sp³-hybridized carbons (Fsp3) is 0.526. The van der Waals surface area contributed by atoms with Gasteiger partial charge in [-0.25, -0.2) is 0 Å². The second-order valence-corrected chi connectivity index (χ2v) is 7.79. The highest BCUT2D eigenvalue weighted by molar-refractivity contribution is 9.11. The van der Waals surface area contributed by atoms with Crippen LogP contribution in [0.15, 0.2) is 52.1 Å². The molecule has 5 nitrogen and oxygen atoms in total. The van der Waals surface area contributed by atoms with Gasteiger partial charge in [-0.1, -0.05) is 40.7 Å². The van der Waals surface area contributed by atoms with Gasteiger partial charge in [0.2, 0.25) is 6.41 Å². The maximum atomic E-state index is 10.3. The van der Waals surface area contributed by atoms with Gasteiger partial charge in [-0.2, -0.15) is 0 Å². The van der Waals surface area contributed by atoms with E-state index in [2.05, 4.69) is 32.8 Å². The normalized spacial score (nSPS) is 21.3. The van der Waals surface area contributed by atoms with E-state index in [0.29, 0.717) is 13.0 Å². The molecule has 25 heavy (non-hydrogen) atoms. The van der Waals surface area contributed by atoms with Crippen LogP contribution in [0.5, 0.6) is 0 Å². The van der Waals surface area contributed by atoms with Crippen LogP contribution in [-0.4, -0.2) is 41.1 Å². The Morgan fingerprint density at radius 1 is 1.48 bits per heavy atom. The van der Waals surface area contributed by atoms with E-state index < -0.39 is 18.1 Å². The van der Waals surface area contributed by atoms with Crippen LogP contribution in [0, 0.1) is 5.92 Å². The first-order chi connectivity index (χ1) is 11.7. The van der Waals surface area contributed by atoms with Gasteiger partial charge in [0.15, 0.2) is 0 Å². The maximum Gasteiger partial charge on any atom is 0.214 e. The number of aliphatic hydroxyl groups excluding tert-OH is 2. The number of halogens is 1. The van der Waals surface area contributed by atoms with Gasteiger partial charge in [-0.05, 0) is 45.3 Å². The molecule has 3 atom stereocenters. The molecule has 0 saturated carbocycles. The number of rotatable bonds is 9. The molecular formula is C19H29BrN2O3. The molecule has 140 valence electrons. The van der Waals surface area contributed by atoms with Crippen LogP contribution < -0.4 is 5.32 Å². The lowest BCUT2D eigenvalue weighted by Gasteiger charge is -2.26. The van der Waals surface area contributed by atoms with Crippen molar-refractivity contribution in [3.8, 4) is 0 Å². The number of nitrogens with one attached hydrogen (secondary N) is 1. The first-order valence-electron chi connectivity index (χ1n) is 8.35. The van der Waals surface area contributed by atoms with Crippen molar-refractivity contribution >= 4 is 22.1 Å². The van der Waals surface area contributed by atoms with E-state index in [1.54, 1.807) is 12.3 Å². The summed E-state index contributed by atoms with van der Waals surface area (Å²) in [7, 11) is 0. The average Bonchev–Trinajstić information content (AvgIpc) is 2.51. The molecule has 1 rings (SSSR count). The SMILES string of the molecule is C=CN=C/C=C/CC(O)C1C=CC(CNC(O)OC(C)(C)C)=C(Br)C1. The standard InChI is InChI=1S/C19H29BrN2O3/c1-5-21-11-7-6-8-17(23)14-9-10-15(16(20)12-14)13-22-18(24)25-19(2,3)4/h5-7,9-11,14,17-18,22-24H,1,8,12-13H2,2-4H3/b7-6+,21-11?. The zero-order valence-corrected chi connectivity index (χ0v) is 16.7. The summed E-state index contributed by atoms with van der Waals surface area (Å²) in [5.74, 6) is 0.0508. The molecule has 0 heterocycles. The van der Waals surface area contributed by atoms with Gasteiger partial charge in [-0.15, -0.1) is 0 Å². The Balaban J connectivity index is 2.46. The van der Waals surface area contributed by atoms with E-state index in [1.165, 1.54) is 6.20 Å². The molecule has 0 fully saturated rings. The third kappa shape index (κ3) is 9.28. The molecule has 3 N–H and O–H groups in total. The van der Waals surface area contributed by atoms with E-state index in [0.717, 1.165) is 16.5 Å². The highest BCUT2D eigenvalue weighted by atomic mass is 79.9. The fourth-order valence-electron chi connectivity index (χ4n) is 2.29. The molecule has 0 aromatic heterocycles. The Kier molecular flexibility index (Phi) is 9.53. The molecule has 6 heteroatoms. The molecular weight excluding hydrogens is 384 g/mol. The number of hydrogen-bond acceptors (Lipinski definition) is 5. The van der Waals surface area contributed by atoms with Gasteiger partial charge in [-0.3, -0.25) is 10.3 Å². The predicted molar refractivity (Wildman–Crippen MR) is 107 cm³/mol. The lowest BCUT2D eigenvalue weighted by molar-refractivity contribution is -0.180. The van der Waals surface area contributed by atoms with Crippen molar-refractivity contribution in [2.75, 3.05) is 6.54 Å². The summed E-state index contributed by atoms with van der Waals surface area (Å²) < 4.78 is 6.43. The third-order valence-electron chi connectivity index (χ3n) is 3.53. The summed E-state index contributed by atoms with van der Waals surface area (Å²) >= 11 is 3.58. The minimum Gasteiger partial charge on any atom is -0.392 e. The van der Waals surface area contributed by atoms with Crippen molar-refractivity contribution in [1.29, 1.82) is 0 Å². The highest BCUT2D eigenvalue weighted by Crippen LogP contribution is 2.30. The smallest absolute Gasteiger partial charge is 0.214 e. The van der Waals surface area contributed by atoms with Crippen LogP contribution in [0.25, 0.3) is 0 Å². The van der Waals surface area contributed by atoms with E-state index in [9.17, 15) is 10.2 Å². The van der Waals surface area contributed by atoms with Gasteiger partial charge in [0, 0.05) is 29.4 Å². The summed E-state index contributed by atoms with van der Waals surface area (Å²) in [6.45, 7) is 9.64. The molecule has 0 aromatic carbocycles.